The van der Waals surface area contributed by atoms with Crippen molar-refractivity contribution in [1.82, 2.24) is 10.6 Å². The highest BCUT2D eigenvalue weighted by molar-refractivity contribution is 6.32. The summed E-state index contributed by atoms with van der Waals surface area (Å²) < 4.78 is 16.5. The first-order valence-electron chi connectivity index (χ1n) is 8.37. The van der Waals surface area contributed by atoms with Gasteiger partial charge in [-0.2, -0.15) is 0 Å². The van der Waals surface area contributed by atoms with Crippen LogP contribution < -0.4 is 20.1 Å². The number of fused-ring (bicyclic) bond motifs is 1. The van der Waals surface area contributed by atoms with Crippen molar-refractivity contribution in [3.05, 3.63) is 22.7 Å². The Morgan fingerprint density at radius 1 is 1.40 bits per heavy atom. The molecule has 1 unspecified atom stereocenters. The van der Waals surface area contributed by atoms with Crippen LogP contribution in [0, 0.1) is 0 Å². The molecule has 3 N–H and O–H groups in total. The van der Waals surface area contributed by atoms with Crippen LogP contribution in [0.2, 0.25) is 5.02 Å². The second kappa shape index (κ2) is 7.78. The zero-order valence-electron chi connectivity index (χ0n) is 14.1. The van der Waals surface area contributed by atoms with Crippen LogP contribution in [0.25, 0.3) is 0 Å². The minimum Gasteiger partial charge on any atom is -0.486 e. The molecule has 0 spiro atoms. The van der Waals surface area contributed by atoms with Gasteiger partial charge in [0, 0.05) is 13.7 Å². The summed E-state index contributed by atoms with van der Waals surface area (Å²) in [6, 6.07) is 3.32. The Balaban J connectivity index is 1.65. The van der Waals surface area contributed by atoms with E-state index in [4.69, 9.17) is 25.8 Å². The molecule has 138 valence electrons. The number of nitrogens with one attached hydrogen (secondary N) is 2. The third-order valence-electron chi connectivity index (χ3n) is 4.68. The average Bonchev–Trinajstić information content (AvgIpc) is 2.66. The molecular weight excluding hydrogens is 348 g/mol. The number of amides is 1. The number of ether oxygens (including phenoxy) is 3. The molecule has 0 saturated carbocycles. The van der Waals surface area contributed by atoms with Crippen molar-refractivity contribution in [2.75, 3.05) is 40.0 Å². The van der Waals surface area contributed by atoms with Crippen molar-refractivity contribution in [3.8, 4) is 11.5 Å². The second-order valence-electron chi connectivity index (χ2n) is 6.20. The number of methoxy groups -OCH3 is 1. The maximum absolute atomic E-state index is 12.5. The van der Waals surface area contributed by atoms with E-state index >= 15 is 0 Å². The lowest BCUT2D eigenvalue weighted by molar-refractivity contribution is -0.147. The van der Waals surface area contributed by atoms with Crippen molar-refractivity contribution in [2.45, 2.75) is 24.5 Å². The van der Waals surface area contributed by atoms with Crippen LogP contribution >= 0.6 is 11.6 Å². The Morgan fingerprint density at radius 3 is 2.84 bits per heavy atom. The Bertz CT molecular complexity index is 634. The summed E-state index contributed by atoms with van der Waals surface area (Å²) in [4.78, 5) is 12.5. The van der Waals surface area contributed by atoms with Gasteiger partial charge >= 0.3 is 0 Å². The monoisotopic (exact) mass is 370 g/mol. The van der Waals surface area contributed by atoms with Crippen LogP contribution in [-0.2, 0) is 9.53 Å². The van der Waals surface area contributed by atoms with E-state index in [9.17, 15) is 9.90 Å². The highest BCUT2D eigenvalue weighted by atomic mass is 35.5. The number of hydrogen-bond acceptors (Lipinski definition) is 6. The Kier molecular flexibility index (Phi) is 5.68. The number of hydrogen-bond donors (Lipinski definition) is 3. The molecule has 1 amide bonds. The van der Waals surface area contributed by atoms with Crippen molar-refractivity contribution in [2.24, 2.45) is 0 Å². The fourth-order valence-corrected chi connectivity index (χ4v) is 3.42. The number of carbonyl (C=O) groups excluding carboxylic acids is 1. The molecular formula is C17H23ClN2O5. The standard InChI is InChI=1S/C17H23ClN2O5/c1-23-17(2-4-19-5-3-17)16(22)20-10-13(21)11-8-12(18)15-14(9-11)24-6-7-25-15/h8-9,13,19,21H,2-7,10H2,1H3,(H,20,22). The minimum absolute atomic E-state index is 0.0628. The molecule has 2 aliphatic heterocycles. The van der Waals surface area contributed by atoms with Crippen LogP contribution in [-0.4, -0.2) is 56.6 Å². The molecule has 8 heteroatoms. The van der Waals surface area contributed by atoms with Gasteiger partial charge in [0.1, 0.15) is 18.8 Å². The summed E-state index contributed by atoms with van der Waals surface area (Å²) in [7, 11) is 1.54. The Labute approximate surface area is 151 Å². The normalized spacial score (nSPS) is 20.0. The molecule has 0 radical (unpaired) electrons. The number of rotatable bonds is 5. The average molecular weight is 371 g/mol. The van der Waals surface area contributed by atoms with Crippen molar-refractivity contribution >= 4 is 17.5 Å². The minimum atomic E-state index is -0.909. The third-order valence-corrected chi connectivity index (χ3v) is 4.96. The van der Waals surface area contributed by atoms with E-state index in [1.807, 2.05) is 0 Å². The van der Waals surface area contributed by atoms with E-state index in [-0.39, 0.29) is 12.5 Å². The molecule has 0 bridgehead atoms. The molecule has 3 rings (SSSR count). The van der Waals surface area contributed by atoms with Gasteiger partial charge in [-0.25, -0.2) is 0 Å². The lowest BCUT2D eigenvalue weighted by Gasteiger charge is -2.35. The van der Waals surface area contributed by atoms with Crippen LogP contribution in [0.3, 0.4) is 0 Å². The summed E-state index contributed by atoms with van der Waals surface area (Å²) in [6.07, 6.45) is 0.288. The molecule has 2 aliphatic rings. The fourth-order valence-electron chi connectivity index (χ4n) is 3.15. The quantitative estimate of drug-likeness (QED) is 0.717. The molecule has 7 nitrogen and oxygen atoms in total. The molecule has 1 atom stereocenters. The maximum atomic E-state index is 12.5. The number of aliphatic hydroxyl groups is 1. The third kappa shape index (κ3) is 3.84. The zero-order valence-corrected chi connectivity index (χ0v) is 14.9. The predicted molar refractivity (Wildman–Crippen MR) is 92.3 cm³/mol. The van der Waals surface area contributed by atoms with Gasteiger partial charge in [0.25, 0.3) is 5.91 Å². The highest BCUT2D eigenvalue weighted by Crippen LogP contribution is 2.39. The molecule has 1 saturated heterocycles. The van der Waals surface area contributed by atoms with E-state index in [0.29, 0.717) is 48.1 Å². The smallest absolute Gasteiger partial charge is 0.252 e. The van der Waals surface area contributed by atoms with Gasteiger partial charge in [-0.05, 0) is 43.6 Å². The SMILES string of the molecule is COC1(C(=O)NCC(O)c2cc(Cl)c3c(c2)OCCO3)CCNCC1. The van der Waals surface area contributed by atoms with Gasteiger partial charge in [-0.3, -0.25) is 4.79 Å². The molecule has 1 aromatic carbocycles. The van der Waals surface area contributed by atoms with Gasteiger partial charge in [-0.15, -0.1) is 0 Å². The van der Waals surface area contributed by atoms with E-state index in [2.05, 4.69) is 10.6 Å². The van der Waals surface area contributed by atoms with Gasteiger partial charge in [0.15, 0.2) is 11.5 Å². The highest BCUT2D eigenvalue weighted by Gasteiger charge is 2.39. The summed E-state index contributed by atoms with van der Waals surface area (Å²) in [5.74, 6) is 0.783. The van der Waals surface area contributed by atoms with Crippen molar-refractivity contribution in [3.63, 3.8) is 0 Å². The summed E-state index contributed by atoms with van der Waals surface area (Å²) >= 11 is 6.19. The Morgan fingerprint density at radius 2 is 2.12 bits per heavy atom. The predicted octanol–water partition coefficient (Wildman–Crippen LogP) is 1.03. The molecule has 0 aromatic heterocycles. The van der Waals surface area contributed by atoms with Gasteiger partial charge in [0.2, 0.25) is 0 Å². The largest absolute Gasteiger partial charge is 0.486 e. The molecule has 2 heterocycles. The molecule has 1 fully saturated rings. The maximum Gasteiger partial charge on any atom is 0.252 e. The first-order chi connectivity index (χ1) is 12.1. The van der Waals surface area contributed by atoms with E-state index in [1.54, 1.807) is 19.2 Å². The van der Waals surface area contributed by atoms with E-state index < -0.39 is 11.7 Å². The van der Waals surface area contributed by atoms with Crippen LogP contribution in [0.15, 0.2) is 12.1 Å². The second-order valence-corrected chi connectivity index (χ2v) is 6.61. The number of aliphatic hydroxyl groups excluding tert-OH is 1. The fraction of sp³-hybridized carbons (Fsp3) is 0.588. The van der Waals surface area contributed by atoms with E-state index in [1.165, 1.54) is 0 Å². The topological polar surface area (TPSA) is 89.1 Å². The molecule has 0 aliphatic carbocycles. The zero-order chi connectivity index (χ0) is 17.9. The van der Waals surface area contributed by atoms with E-state index in [0.717, 1.165) is 13.1 Å². The number of benzene rings is 1. The molecule has 25 heavy (non-hydrogen) atoms. The van der Waals surface area contributed by atoms with Crippen molar-refractivity contribution < 1.29 is 24.1 Å². The summed E-state index contributed by atoms with van der Waals surface area (Å²) in [5, 5.41) is 16.8. The number of halogens is 1. The lowest BCUT2D eigenvalue weighted by Crippen LogP contribution is -2.54. The first kappa shape index (κ1) is 18.3. The summed E-state index contributed by atoms with van der Waals surface area (Å²) in [6.45, 7) is 2.39. The number of piperidine rings is 1. The number of carbonyl (C=O) groups is 1. The summed E-state index contributed by atoms with van der Waals surface area (Å²) in [5.41, 5.74) is -0.276. The van der Waals surface area contributed by atoms with Crippen LogP contribution in [0.5, 0.6) is 11.5 Å². The van der Waals surface area contributed by atoms with Crippen LogP contribution in [0.4, 0.5) is 0 Å². The first-order valence-corrected chi connectivity index (χ1v) is 8.75. The molecule has 1 aromatic rings. The lowest BCUT2D eigenvalue weighted by atomic mass is 9.91. The van der Waals surface area contributed by atoms with Gasteiger partial charge in [0.05, 0.1) is 11.1 Å². The van der Waals surface area contributed by atoms with Crippen molar-refractivity contribution in [1.29, 1.82) is 0 Å². The van der Waals surface area contributed by atoms with Gasteiger partial charge in [-0.1, -0.05) is 11.6 Å². The van der Waals surface area contributed by atoms with Gasteiger partial charge < -0.3 is 30.0 Å². The Hall–Kier alpha value is -1.54. The van der Waals surface area contributed by atoms with Crippen LogP contribution in [0.1, 0.15) is 24.5 Å².